The van der Waals surface area contributed by atoms with Gasteiger partial charge in [0.25, 0.3) is 0 Å². The van der Waals surface area contributed by atoms with Gasteiger partial charge in [0.2, 0.25) is 0 Å². The Morgan fingerprint density at radius 2 is 0.925 bits per heavy atom. The van der Waals surface area contributed by atoms with Gasteiger partial charge in [-0.2, -0.15) is 0 Å². The molecule has 5 N–H and O–H groups in total. The van der Waals surface area contributed by atoms with Gasteiger partial charge in [-0.05, 0) is 116 Å². The molecule has 0 aliphatic rings. The van der Waals surface area contributed by atoms with Crippen molar-refractivity contribution in [1.29, 1.82) is 0 Å². The number of aliphatic hydroxyl groups excluding tert-OH is 2. The summed E-state index contributed by atoms with van der Waals surface area (Å²) in [5.74, 6) is -1.19. The third kappa shape index (κ3) is 28.6. The number of carbonyl (C=O) groups excluding carboxylic acids is 3. The lowest BCUT2D eigenvalue weighted by Crippen LogP contribution is -2.46. The van der Waals surface area contributed by atoms with Crippen molar-refractivity contribution in [1.82, 2.24) is 10.6 Å². The second-order valence-corrected chi connectivity index (χ2v) is 19.8. The maximum atomic E-state index is 12.1. The summed E-state index contributed by atoms with van der Waals surface area (Å²) in [5, 5.41) is 35.0. The van der Waals surface area contributed by atoms with Crippen LogP contribution in [-0.4, -0.2) is 134 Å². The zero-order chi connectivity index (χ0) is 50.7. The molecule has 0 heterocycles. The summed E-state index contributed by atoms with van der Waals surface area (Å²) >= 11 is 0. The van der Waals surface area contributed by atoms with E-state index in [-0.39, 0.29) is 43.9 Å². The standard InChI is InChI=1S/C26H43NO7.C25H41NO7/c1-18(2)16-33-23(19(3)28)21(15-20-11-9-8-10-12-20)13-14-32-17-22(24(29)31-7)27-25(30)34-26(4,5)6;1-17(2)15-32-22(18(3)27)20(14-19-10-8-7-9-11-19)12-13-31-16-21(23(28)29)26-24(30)33-25(4,5)6/h8-12,18-19,21-23,28H,13-17H2,1-7H3,(H,27,30);7-11,17-18,20-22,27H,12-16H2,1-6H3,(H,26,30)(H,28,29)/t19-,21+,22-,23-;18-,20+,21-,22-/m00/s1. The van der Waals surface area contributed by atoms with Gasteiger partial charge in [-0.1, -0.05) is 88.4 Å². The predicted octanol–water partition coefficient (Wildman–Crippen LogP) is 7.39. The Balaban J connectivity index is 0.000000670. The normalized spacial score (nSPS) is 15.4. The topological polar surface area (TPSA) is 218 Å². The highest BCUT2D eigenvalue weighted by Crippen LogP contribution is 2.24. The Morgan fingerprint density at radius 3 is 1.24 bits per heavy atom. The summed E-state index contributed by atoms with van der Waals surface area (Å²) in [6, 6.07) is 17.8. The summed E-state index contributed by atoms with van der Waals surface area (Å²) in [6.45, 7) is 23.4. The second kappa shape index (κ2) is 31.7. The van der Waals surface area contributed by atoms with E-state index in [9.17, 15) is 34.5 Å². The van der Waals surface area contributed by atoms with Gasteiger partial charge in [0, 0.05) is 26.4 Å². The van der Waals surface area contributed by atoms with Crippen LogP contribution in [0.3, 0.4) is 0 Å². The van der Waals surface area contributed by atoms with Crippen LogP contribution in [0.1, 0.15) is 107 Å². The second-order valence-electron chi connectivity index (χ2n) is 19.8. The molecule has 2 rings (SSSR count). The molecule has 16 nitrogen and oxygen atoms in total. The van der Waals surface area contributed by atoms with Crippen molar-refractivity contribution in [3.8, 4) is 0 Å². The van der Waals surface area contributed by atoms with Crippen molar-refractivity contribution >= 4 is 24.1 Å². The quantitative estimate of drug-likeness (QED) is 0.0319. The lowest BCUT2D eigenvalue weighted by molar-refractivity contribution is -0.145. The van der Waals surface area contributed by atoms with E-state index >= 15 is 0 Å². The maximum absolute atomic E-state index is 12.1. The van der Waals surface area contributed by atoms with Crippen molar-refractivity contribution in [2.45, 2.75) is 156 Å². The first-order valence-corrected chi connectivity index (χ1v) is 23.4. The highest BCUT2D eigenvalue weighted by molar-refractivity contribution is 5.81. The van der Waals surface area contributed by atoms with Gasteiger partial charge in [0.1, 0.15) is 11.2 Å². The fourth-order valence-corrected chi connectivity index (χ4v) is 6.80. The minimum atomic E-state index is -1.22. The molecule has 8 atom stereocenters. The molecule has 0 bridgehead atoms. The molecule has 0 saturated carbocycles. The van der Waals surface area contributed by atoms with Gasteiger partial charge < -0.3 is 59.1 Å². The number of carbonyl (C=O) groups is 4. The third-order valence-corrected chi connectivity index (χ3v) is 9.81. The Kier molecular flexibility index (Phi) is 28.7. The van der Waals surface area contributed by atoms with Crippen LogP contribution in [0.5, 0.6) is 0 Å². The first kappa shape index (κ1) is 60.7. The molecule has 0 aliphatic carbocycles. The van der Waals surface area contributed by atoms with Gasteiger partial charge in [-0.25, -0.2) is 19.2 Å². The van der Waals surface area contributed by atoms with Gasteiger partial charge in [0.15, 0.2) is 12.1 Å². The zero-order valence-electron chi connectivity index (χ0n) is 42.5. The minimum Gasteiger partial charge on any atom is -0.480 e. The number of esters is 1. The Bertz CT molecular complexity index is 1660. The number of aliphatic carboxylic acids is 1. The molecule has 0 unspecified atom stereocenters. The first-order valence-electron chi connectivity index (χ1n) is 23.4. The zero-order valence-corrected chi connectivity index (χ0v) is 42.5. The van der Waals surface area contributed by atoms with Crippen molar-refractivity contribution in [2.75, 3.05) is 46.8 Å². The van der Waals surface area contributed by atoms with Crippen LogP contribution in [0.2, 0.25) is 0 Å². The Hall–Kier alpha value is -4.32. The van der Waals surface area contributed by atoms with Crippen LogP contribution in [-0.2, 0) is 55.6 Å². The van der Waals surface area contributed by atoms with E-state index in [1.54, 1.807) is 55.4 Å². The molecule has 67 heavy (non-hydrogen) atoms. The van der Waals surface area contributed by atoms with E-state index in [0.717, 1.165) is 11.1 Å². The van der Waals surface area contributed by atoms with Crippen molar-refractivity contribution < 1.29 is 67.7 Å². The van der Waals surface area contributed by atoms with E-state index in [2.05, 4.69) is 38.3 Å². The number of nitrogens with one attached hydrogen (secondary N) is 2. The number of aliphatic hydroxyl groups is 2. The molecule has 2 amide bonds. The number of carboxylic acid groups (broad SMARTS) is 1. The van der Waals surface area contributed by atoms with Crippen LogP contribution in [0.15, 0.2) is 60.7 Å². The van der Waals surface area contributed by atoms with Crippen molar-refractivity contribution in [3.05, 3.63) is 71.8 Å². The number of rotatable bonds is 28. The average Bonchev–Trinajstić information content (AvgIpc) is 3.21. The molecular weight excluding hydrogens is 865 g/mol. The highest BCUT2D eigenvalue weighted by Gasteiger charge is 2.31. The van der Waals surface area contributed by atoms with E-state index in [4.69, 9.17) is 33.2 Å². The molecule has 0 spiro atoms. The minimum absolute atomic E-state index is 0.00320. The van der Waals surface area contributed by atoms with Crippen LogP contribution in [0, 0.1) is 23.7 Å². The smallest absolute Gasteiger partial charge is 0.408 e. The molecule has 2 aromatic carbocycles. The first-order chi connectivity index (χ1) is 31.3. The molecule has 382 valence electrons. The Morgan fingerprint density at radius 1 is 0.567 bits per heavy atom. The summed E-state index contributed by atoms with van der Waals surface area (Å²) < 4.78 is 38.6. The van der Waals surface area contributed by atoms with Crippen LogP contribution < -0.4 is 10.6 Å². The van der Waals surface area contributed by atoms with E-state index in [0.29, 0.717) is 57.3 Å². The molecule has 0 fully saturated rings. The average molecular weight is 949 g/mol. The molecule has 0 aliphatic heterocycles. The summed E-state index contributed by atoms with van der Waals surface area (Å²) in [4.78, 5) is 47.6. The van der Waals surface area contributed by atoms with Gasteiger partial charge in [-0.15, -0.1) is 0 Å². The van der Waals surface area contributed by atoms with Crippen molar-refractivity contribution in [2.24, 2.45) is 23.7 Å². The molecule has 0 saturated heterocycles. The van der Waals surface area contributed by atoms with Gasteiger partial charge in [-0.3, -0.25) is 0 Å². The number of benzene rings is 2. The highest BCUT2D eigenvalue weighted by atomic mass is 16.6. The largest absolute Gasteiger partial charge is 0.480 e. The molecule has 0 aromatic heterocycles. The molecular formula is C51H84N2O14. The van der Waals surface area contributed by atoms with Crippen molar-refractivity contribution in [3.63, 3.8) is 0 Å². The number of methoxy groups -OCH3 is 1. The van der Waals surface area contributed by atoms with Gasteiger partial charge >= 0.3 is 24.1 Å². The number of alkyl carbamates (subject to hydrolysis) is 2. The molecule has 2 aromatic rings. The maximum Gasteiger partial charge on any atom is 0.408 e. The number of hydrogen-bond donors (Lipinski definition) is 5. The van der Waals surface area contributed by atoms with E-state index in [1.165, 1.54) is 7.11 Å². The molecule has 0 radical (unpaired) electrons. The fraction of sp³-hybridized carbons (Fsp3) is 0.686. The van der Waals surface area contributed by atoms with E-state index in [1.807, 2.05) is 60.7 Å². The lowest BCUT2D eigenvalue weighted by Gasteiger charge is -2.30. The predicted molar refractivity (Wildman–Crippen MR) is 257 cm³/mol. The summed E-state index contributed by atoms with van der Waals surface area (Å²) in [5.41, 5.74) is 0.842. The monoisotopic (exact) mass is 949 g/mol. The third-order valence-electron chi connectivity index (χ3n) is 9.81. The summed E-state index contributed by atoms with van der Waals surface area (Å²) in [6.07, 6.45) is -1.02. The lowest BCUT2D eigenvalue weighted by atomic mass is 9.88. The number of amides is 2. The Labute approximate surface area is 400 Å². The van der Waals surface area contributed by atoms with Gasteiger partial charge in [0.05, 0.1) is 44.7 Å². The molecule has 16 heteroatoms. The number of ether oxygens (including phenoxy) is 7. The van der Waals surface area contributed by atoms with Crippen LogP contribution in [0.4, 0.5) is 9.59 Å². The SMILES string of the molecule is CC(C)CO[C@H]([C@H](CCOC[C@H](NC(=O)OC(C)(C)C)C(=O)O)Cc1ccccc1)[C@H](C)O.COC(=O)[C@H](COCC[C@H](Cc1ccccc1)[C@@H](OCC(C)C)[C@H](C)O)NC(=O)OC(C)(C)C. The van der Waals surface area contributed by atoms with Crippen LogP contribution in [0.25, 0.3) is 0 Å². The summed E-state index contributed by atoms with van der Waals surface area (Å²) in [7, 11) is 1.25. The number of hydrogen-bond acceptors (Lipinski definition) is 13. The van der Waals surface area contributed by atoms with E-state index < -0.39 is 59.6 Å². The van der Waals surface area contributed by atoms with Crippen LogP contribution >= 0.6 is 0 Å². The fourth-order valence-electron chi connectivity index (χ4n) is 6.80. The number of carboxylic acids is 1.